The monoisotopic (exact) mass is 257 g/mol. The van der Waals surface area contributed by atoms with Crippen molar-refractivity contribution in [2.24, 2.45) is 0 Å². The van der Waals surface area contributed by atoms with Gasteiger partial charge in [0.2, 0.25) is 5.88 Å². The van der Waals surface area contributed by atoms with Crippen LogP contribution in [0.15, 0.2) is 42.6 Å². The summed E-state index contributed by atoms with van der Waals surface area (Å²) in [7, 11) is 3.71. The van der Waals surface area contributed by atoms with E-state index in [0.717, 1.165) is 24.3 Å². The average molecular weight is 257 g/mol. The first-order chi connectivity index (χ1) is 9.19. The molecule has 0 saturated carbocycles. The number of benzene rings is 1. The summed E-state index contributed by atoms with van der Waals surface area (Å²) in [4.78, 5) is 6.41. The average Bonchev–Trinajstić information content (AvgIpc) is 2.39. The molecule has 1 aromatic carbocycles. The Balaban J connectivity index is 2.03. The molecule has 0 unspecified atom stereocenters. The van der Waals surface area contributed by atoms with E-state index in [-0.39, 0.29) is 0 Å². The number of methoxy groups -OCH3 is 1. The van der Waals surface area contributed by atoms with E-state index in [2.05, 4.69) is 23.0 Å². The van der Waals surface area contributed by atoms with Gasteiger partial charge in [0.1, 0.15) is 0 Å². The highest BCUT2D eigenvalue weighted by atomic mass is 16.5. The van der Waals surface area contributed by atoms with Crippen molar-refractivity contribution in [1.29, 1.82) is 0 Å². The SMILES string of the molecule is COc1ncccc1CN(C)Cc1cccc(N)c1. The molecule has 0 fully saturated rings. The molecule has 0 aliphatic rings. The molecule has 0 spiro atoms. The van der Waals surface area contributed by atoms with Crippen molar-refractivity contribution in [2.45, 2.75) is 13.1 Å². The Bertz CT molecular complexity index is 542. The van der Waals surface area contributed by atoms with E-state index in [9.17, 15) is 0 Å². The van der Waals surface area contributed by atoms with Crippen LogP contribution in [0, 0.1) is 0 Å². The summed E-state index contributed by atoms with van der Waals surface area (Å²) in [5.41, 5.74) is 8.86. The van der Waals surface area contributed by atoms with Gasteiger partial charge in [-0.3, -0.25) is 4.90 Å². The van der Waals surface area contributed by atoms with Crippen molar-refractivity contribution < 1.29 is 4.74 Å². The zero-order chi connectivity index (χ0) is 13.7. The van der Waals surface area contributed by atoms with E-state index in [1.807, 2.05) is 30.3 Å². The molecule has 0 bridgehead atoms. The summed E-state index contributed by atoms with van der Waals surface area (Å²) >= 11 is 0. The van der Waals surface area contributed by atoms with Gasteiger partial charge in [0.15, 0.2) is 0 Å². The molecule has 2 N–H and O–H groups in total. The van der Waals surface area contributed by atoms with Crippen molar-refractivity contribution in [2.75, 3.05) is 19.9 Å². The van der Waals surface area contributed by atoms with Crippen LogP contribution in [-0.2, 0) is 13.1 Å². The summed E-state index contributed by atoms with van der Waals surface area (Å²) in [6, 6.07) is 11.9. The Morgan fingerprint density at radius 3 is 2.79 bits per heavy atom. The maximum absolute atomic E-state index is 5.78. The standard InChI is InChI=1S/C15H19N3O/c1-18(10-12-5-3-7-14(16)9-12)11-13-6-4-8-17-15(13)19-2/h3-9H,10-11,16H2,1-2H3. The van der Waals surface area contributed by atoms with E-state index in [1.54, 1.807) is 13.3 Å². The Kier molecular flexibility index (Phi) is 4.36. The second-order valence-corrected chi connectivity index (χ2v) is 4.59. The van der Waals surface area contributed by atoms with E-state index in [0.29, 0.717) is 5.88 Å². The fourth-order valence-corrected chi connectivity index (χ4v) is 2.08. The zero-order valence-electron chi connectivity index (χ0n) is 11.3. The number of anilines is 1. The predicted molar refractivity (Wildman–Crippen MR) is 76.8 cm³/mol. The number of nitrogens with zero attached hydrogens (tertiary/aromatic N) is 2. The number of hydrogen-bond donors (Lipinski definition) is 1. The van der Waals surface area contributed by atoms with Crippen LogP contribution in [0.4, 0.5) is 5.69 Å². The summed E-state index contributed by atoms with van der Waals surface area (Å²) in [6.45, 7) is 1.62. The van der Waals surface area contributed by atoms with Gasteiger partial charge in [-0.2, -0.15) is 0 Å². The van der Waals surface area contributed by atoms with Crippen LogP contribution in [0.5, 0.6) is 5.88 Å². The first-order valence-electron chi connectivity index (χ1n) is 6.20. The third-order valence-corrected chi connectivity index (χ3v) is 2.89. The topological polar surface area (TPSA) is 51.4 Å². The van der Waals surface area contributed by atoms with Crippen LogP contribution in [0.25, 0.3) is 0 Å². The maximum Gasteiger partial charge on any atom is 0.217 e. The van der Waals surface area contributed by atoms with Gasteiger partial charge < -0.3 is 10.5 Å². The minimum Gasteiger partial charge on any atom is -0.481 e. The summed E-state index contributed by atoms with van der Waals surface area (Å²) in [5.74, 6) is 0.682. The van der Waals surface area contributed by atoms with Crippen molar-refractivity contribution in [3.63, 3.8) is 0 Å². The number of pyridine rings is 1. The smallest absolute Gasteiger partial charge is 0.217 e. The number of ether oxygens (including phenoxy) is 1. The van der Waals surface area contributed by atoms with Gasteiger partial charge in [-0.05, 0) is 30.8 Å². The number of hydrogen-bond acceptors (Lipinski definition) is 4. The van der Waals surface area contributed by atoms with Gasteiger partial charge in [-0.25, -0.2) is 4.98 Å². The normalized spacial score (nSPS) is 10.7. The minimum atomic E-state index is 0.682. The summed E-state index contributed by atoms with van der Waals surface area (Å²) < 4.78 is 5.26. The molecule has 100 valence electrons. The number of rotatable bonds is 5. The van der Waals surface area contributed by atoms with E-state index >= 15 is 0 Å². The van der Waals surface area contributed by atoms with E-state index in [4.69, 9.17) is 10.5 Å². The van der Waals surface area contributed by atoms with Gasteiger partial charge in [0.05, 0.1) is 7.11 Å². The van der Waals surface area contributed by atoms with E-state index < -0.39 is 0 Å². The molecule has 19 heavy (non-hydrogen) atoms. The van der Waals surface area contributed by atoms with Gasteiger partial charge in [-0.15, -0.1) is 0 Å². The molecule has 4 nitrogen and oxygen atoms in total. The lowest BCUT2D eigenvalue weighted by Gasteiger charge is -2.18. The fraction of sp³-hybridized carbons (Fsp3) is 0.267. The first-order valence-corrected chi connectivity index (χ1v) is 6.20. The molecule has 0 amide bonds. The second-order valence-electron chi connectivity index (χ2n) is 4.59. The summed E-state index contributed by atoms with van der Waals surface area (Å²) in [6.07, 6.45) is 1.74. The van der Waals surface area contributed by atoms with Gasteiger partial charge in [0.25, 0.3) is 0 Å². The van der Waals surface area contributed by atoms with Crippen LogP contribution in [0.1, 0.15) is 11.1 Å². The highest BCUT2D eigenvalue weighted by molar-refractivity contribution is 5.40. The second kappa shape index (κ2) is 6.20. The number of aromatic nitrogens is 1. The van der Waals surface area contributed by atoms with E-state index in [1.165, 1.54) is 5.56 Å². The fourth-order valence-electron chi connectivity index (χ4n) is 2.08. The van der Waals surface area contributed by atoms with Gasteiger partial charge in [-0.1, -0.05) is 18.2 Å². The highest BCUT2D eigenvalue weighted by Gasteiger charge is 2.07. The van der Waals surface area contributed by atoms with Crippen molar-refractivity contribution >= 4 is 5.69 Å². The van der Waals surface area contributed by atoms with Crippen molar-refractivity contribution in [3.05, 3.63) is 53.7 Å². The third kappa shape index (κ3) is 3.69. The third-order valence-electron chi connectivity index (χ3n) is 2.89. The molecule has 0 aliphatic heterocycles. The molecule has 4 heteroatoms. The lowest BCUT2D eigenvalue weighted by molar-refractivity contribution is 0.307. The van der Waals surface area contributed by atoms with Crippen LogP contribution in [0.2, 0.25) is 0 Å². The lowest BCUT2D eigenvalue weighted by atomic mass is 10.2. The minimum absolute atomic E-state index is 0.682. The maximum atomic E-state index is 5.78. The molecule has 0 atom stereocenters. The molecule has 1 heterocycles. The van der Waals surface area contributed by atoms with Crippen LogP contribution >= 0.6 is 0 Å². The number of nitrogen functional groups attached to an aromatic ring is 1. The Hall–Kier alpha value is -2.07. The summed E-state index contributed by atoms with van der Waals surface area (Å²) in [5, 5.41) is 0. The van der Waals surface area contributed by atoms with Gasteiger partial charge in [0, 0.05) is 30.5 Å². The van der Waals surface area contributed by atoms with Crippen LogP contribution in [0.3, 0.4) is 0 Å². The molecular weight excluding hydrogens is 238 g/mol. The van der Waals surface area contributed by atoms with Crippen molar-refractivity contribution in [3.8, 4) is 5.88 Å². The molecule has 0 radical (unpaired) electrons. The Morgan fingerprint density at radius 1 is 1.21 bits per heavy atom. The zero-order valence-corrected chi connectivity index (χ0v) is 11.3. The molecular formula is C15H19N3O. The molecule has 1 aromatic heterocycles. The number of nitrogens with two attached hydrogens (primary N) is 1. The lowest BCUT2D eigenvalue weighted by Crippen LogP contribution is -2.18. The van der Waals surface area contributed by atoms with Crippen LogP contribution in [-0.4, -0.2) is 24.0 Å². The predicted octanol–water partition coefficient (Wildman–Crippen LogP) is 2.30. The molecule has 0 aliphatic carbocycles. The molecule has 2 aromatic rings. The Morgan fingerprint density at radius 2 is 2.05 bits per heavy atom. The van der Waals surface area contributed by atoms with Crippen molar-refractivity contribution in [1.82, 2.24) is 9.88 Å². The van der Waals surface area contributed by atoms with Crippen LogP contribution < -0.4 is 10.5 Å². The largest absolute Gasteiger partial charge is 0.481 e. The highest BCUT2D eigenvalue weighted by Crippen LogP contribution is 2.17. The quantitative estimate of drug-likeness (QED) is 0.835. The molecule has 0 saturated heterocycles. The Labute approximate surface area is 113 Å². The molecule has 2 rings (SSSR count). The first kappa shape index (κ1) is 13.4. The van der Waals surface area contributed by atoms with Gasteiger partial charge >= 0.3 is 0 Å².